The number of hydrogen-bond acceptors (Lipinski definition) is 4. The van der Waals surface area contributed by atoms with E-state index < -0.39 is 0 Å². The lowest BCUT2D eigenvalue weighted by Gasteiger charge is -2.23. The summed E-state index contributed by atoms with van der Waals surface area (Å²) in [6.45, 7) is 3.86. The van der Waals surface area contributed by atoms with Gasteiger partial charge in [-0.05, 0) is 25.1 Å². The molecule has 0 N–H and O–H groups in total. The van der Waals surface area contributed by atoms with Crippen LogP contribution in [0.1, 0.15) is 17.3 Å². The van der Waals surface area contributed by atoms with Crippen LogP contribution in [0.25, 0.3) is 0 Å². The lowest BCUT2D eigenvalue weighted by molar-refractivity contribution is 0.0600. The molecule has 0 amide bonds. The van der Waals surface area contributed by atoms with Crippen LogP contribution in [0.4, 0.5) is 5.69 Å². The summed E-state index contributed by atoms with van der Waals surface area (Å²) in [5.41, 5.74) is 1.69. The highest BCUT2D eigenvalue weighted by atomic mass is 16.5. The van der Waals surface area contributed by atoms with Gasteiger partial charge in [-0.1, -0.05) is 0 Å². The van der Waals surface area contributed by atoms with E-state index in [4.69, 9.17) is 9.47 Å². The van der Waals surface area contributed by atoms with Gasteiger partial charge >= 0.3 is 5.97 Å². The minimum absolute atomic E-state index is 0.127. The van der Waals surface area contributed by atoms with Crippen molar-refractivity contribution in [1.82, 2.24) is 0 Å². The van der Waals surface area contributed by atoms with E-state index in [9.17, 15) is 4.79 Å². The third kappa shape index (κ3) is 1.19. The molecule has 0 aliphatic carbocycles. The van der Waals surface area contributed by atoms with Gasteiger partial charge in [-0.15, -0.1) is 0 Å². The molecule has 0 saturated carbocycles. The average Bonchev–Trinajstić information content (AvgIpc) is 3.00. The molecule has 2 aliphatic heterocycles. The first-order valence-corrected chi connectivity index (χ1v) is 5.27. The van der Waals surface area contributed by atoms with E-state index in [-0.39, 0.29) is 11.5 Å². The normalized spacial score (nSPS) is 25.2. The molecular weight excluding hydrogens is 206 g/mol. The summed E-state index contributed by atoms with van der Waals surface area (Å²) in [6.07, 6.45) is 0. The van der Waals surface area contributed by atoms with Crippen molar-refractivity contribution in [3.63, 3.8) is 0 Å². The topological polar surface area (TPSA) is 38.5 Å². The third-order valence-electron chi connectivity index (χ3n) is 3.26. The Labute approximate surface area is 93.8 Å². The van der Waals surface area contributed by atoms with E-state index in [2.05, 4.69) is 11.8 Å². The van der Waals surface area contributed by atoms with Crippen LogP contribution >= 0.6 is 0 Å². The molecule has 84 valence electrons. The van der Waals surface area contributed by atoms with Gasteiger partial charge in [0, 0.05) is 6.54 Å². The van der Waals surface area contributed by atoms with Crippen LogP contribution in [0.2, 0.25) is 0 Å². The summed E-state index contributed by atoms with van der Waals surface area (Å²) in [7, 11) is 1.39. The largest absolute Gasteiger partial charge is 0.489 e. The fraction of sp³-hybridized carbons (Fsp3) is 0.417. The molecule has 2 aliphatic rings. The van der Waals surface area contributed by atoms with Crippen molar-refractivity contribution in [3.8, 4) is 5.75 Å². The van der Waals surface area contributed by atoms with Crippen molar-refractivity contribution in [2.24, 2.45) is 0 Å². The van der Waals surface area contributed by atoms with Crippen molar-refractivity contribution in [2.45, 2.75) is 12.5 Å². The molecule has 1 aromatic carbocycles. The summed E-state index contributed by atoms with van der Waals surface area (Å²) in [5, 5.41) is 0. The Morgan fingerprint density at radius 3 is 3.12 bits per heavy atom. The highest BCUT2D eigenvalue weighted by Gasteiger charge is 2.52. The Hall–Kier alpha value is -1.71. The maximum absolute atomic E-state index is 11.4. The monoisotopic (exact) mass is 219 g/mol. The second-order valence-corrected chi connectivity index (χ2v) is 4.55. The van der Waals surface area contributed by atoms with Crippen molar-refractivity contribution in [3.05, 3.63) is 23.8 Å². The fourth-order valence-electron chi connectivity index (χ4n) is 2.13. The lowest BCUT2D eigenvalue weighted by Crippen LogP contribution is -2.27. The summed E-state index contributed by atoms with van der Waals surface area (Å²) in [6, 6.07) is 5.40. The summed E-state index contributed by atoms with van der Waals surface area (Å²) in [4.78, 5) is 13.7. The number of carbonyl (C=O) groups is 1. The standard InChI is InChI=1S/C12H13NO3/c1-12-6-13(12)9-5-8(11(14)15-2)3-4-10(9)16-7-12/h3-5H,6-7H2,1-2H3. The highest BCUT2D eigenvalue weighted by molar-refractivity contribution is 5.91. The predicted molar refractivity (Wildman–Crippen MR) is 59.0 cm³/mol. The number of fused-ring (bicyclic) bond motifs is 3. The molecule has 1 saturated heterocycles. The first-order chi connectivity index (χ1) is 7.64. The number of carbonyl (C=O) groups excluding carboxylic acids is 1. The molecule has 2 heterocycles. The van der Waals surface area contributed by atoms with Crippen molar-refractivity contribution in [2.75, 3.05) is 25.2 Å². The van der Waals surface area contributed by atoms with Crippen LogP contribution in [0.15, 0.2) is 18.2 Å². The first kappa shape index (κ1) is 9.51. The van der Waals surface area contributed by atoms with Crippen molar-refractivity contribution >= 4 is 11.7 Å². The molecule has 4 heteroatoms. The molecule has 1 aromatic rings. The van der Waals surface area contributed by atoms with Gasteiger partial charge < -0.3 is 14.4 Å². The Balaban J connectivity index is 2.01. The summed E-state index contributed by atoms with van der Waals surface area (Å²) < 4.78 is 10.4. The van der Waals surface area contributed by atoms with E-state index >= 15 is 0 Å². The van der Waals surface area contributed by atoms with Gasteiger partial charge in [0.15, 0.2) is 0 Å². The average molecular weight is 219 g/mol. The number of hydrogen-bond donors (Lipinski definition) is 0. The van der Waals surface area contributed by atoms with Gasteiger partial charge in [0.2, 0.25) is 0 Å². The van der Waals surface area contributed by atoms with E-state index in [0.29, 0.717) is 5.56 Å². The van der Waals surface area contributed by atoms with E-state index in [0.717, 1.165) is 24.6 Å². The number of nitrogens with zero attached hydrogens (tertiary/aromatic N) is 1. The number of esters is 1. The Morgan fingerprint density at radius 1 is 1.56 bits per heavy atom. The van der Waals surface area contributed by atoms with Gasteiger partial charge in [0.25, 0.3) is 0 Å². The second-order valence-electron chi connectivity index (χ2n) is 4.55. The number of methoxy groups -OCH3 is 1. The maximum atomic E-state index is 11.4. The van der Waals surface area contributed by atoms with Gasteiger partial charge in [0.1, 0.15) is 12.4 Å². The van der Waals surface area contributed by atoms with Crippen LogP contribution in [0.3, 0.4) is 0 Å². The van der Waals surface area contributed by atoms with Gasteiger partial charge in [-0.25, -0.2) is 4.79 Å². The zero-order chi connectivity index (χ0) is 11.3. The first-order valence-electron chi connectivity index (χ1n) is 5.27. The van der Waals surface area contributed by atoms with Gasteiger partial charge in [0.05, 0.1) is 23.9 Å². The molecule has 0 bridgehead atoms. The zero-order valence-corrected chi connectivity index (χ0v) is 9.32. The molecule has 0 radical (unpaired) electrons. The molecule has 1 atom stereocenters. The molecule has 4 nitrogen and oxygen atoms in total. The Bertz CT molecular complexity index is 471. The molecule has 0 aromatic heterocycles. The van der Waals surface area contributed by atoms with Crippen LogP contribution in [0, 0.1) is 0 Å². The van der Waals surface area contributed by atoms with Crippen LogP contribution in [-0.2, 0) is 4.74 Å². The van der Waals surface area contributed by atoms with Crippen LogP contribution < -0.4 is 9.64 Å². The van der Waals surface area contributed by atoms with Crippen LogP contribution in [0.5, 0.6) is 5.75 Å². The Morgan fingerprint density at radius 2 is 2.38 bits per heavy atom. The predicted octanol–water partition coefficient (Wildman–Crippen LogP) is 1.44. The number of rotatable bonds is 1. The lowest BCUT2D eigenvalue weighted by atomic mass is 10.1. The minimum Gasteiger partial charge on any atom is -0.489 e. The molecule has 1 fully saturated rings. The third-order valence-corrected chi connectivity index (χ3v) is 3.26. The maximum Gasteiger partial charge on any atom is 0.337 e. The van der Waals surface area contributed by atoms with E-state index in [1.165, 1.54) is 7.11 Å². The smallest absolute Gasteiger partial charge is 0.337 e. The molecule has 0 spiro atoms. The Kier molecular flexibility index (Phi) is 1.73. The quantitative estimate of drug-likeness (QED) is 0.529. The number of anilines is 1. The second kappa shape index (κ2) is 2.90. The van der Waals surface area contributed by atoms with Crippen molar-refractivity contribution in [1.29, 1.82) is 0 Å². The van der Waals surface area contributed by atoms with Gasteiger partial charge in [-0.2, -0.15) is 0 Å². The summed E-state index contributed by atoms with van der Waals surface area (Å²) >= 11 is 0. The molecule has 16 heavy (non-hydrogen) atoms. The molecule has 1 unspecified atom stereocenters. The van der Waals surface area contributed by atoms with E-state index in [1.807, 2.05) is 12.1 Å². The summed E-state index contributed by atoms with van der Waals surface area (Å²) in [5.74, 6) is 0.541. The molecular formula is C12H13NO3. The van der Waals surface area contributed by atoms with Gasteiger partial charge in [-0.3, -0.25) is 0 Å². The van der Waals surface area contributed by atoms with Crippen molar-refractivity contribution < 1.29 is 14.3 Å². The highest BCUT2D eigenvalue weighted by Crippen LogP contribution is 2.47. The molecule has 3 rings (SSSR count). The number of ether oxygens (including phenoxy) is 2. The SMILES string of the molecule is COC(=O)c1ccc2c(c1)N1CC1(C)CO2. The van der Waals surface area contributed by atoms with Crippen LogP contribution in [-0.4, -0.2) is 31.8 Å². The zero-order valence-electron chi connectivity index (χ0n) is 9.32. The number of benzene rings is 1. The fourth-order valence-corrected chi connectivity index (χ4v) is 2.13. The van der Waals surface area contributed by atoms with E-state index in [1.54, 1.807) is 6.07 Å². The minimum atomic E-state index is -0.308.